The number of hydrogen-bond donors (Lipinski definition) is 2. The molecule has 1 aromatic carbocycles. The molecule has 1 fully saturated rings. The van der Waals surface area contributed by atoms with Gasteiger partial charge in [-0.05, 0) is 40.9 Å². The highest BCUT2D eigenvalue weighted by molar-refractivity contribution is 9.10. The molecule has 4 rings (SSSR count). The number of anilines is 1. The van der Waals surface area contributed by atoms with Crippen molar-refractivity contribution in [3.8, 4) is 0 Å². The molecule has 0 radical (unpaired) electrons. The van der Waals surface area contributed by atoms with E-state index in [1.165, 1.54) is 12.8 Å². The first-order valence-corrected chi connectivity index (χ1v) is 7.75. The summed E-state index contributed by atoms with van der Waals surface area (Å²) < 4.78 is 0.846. The average molecular weight is 344 g/mol. The van der Waals surface area contributed by atoms with Crippen LogP contribution < -0.4 is 5.73 Å². The van der Waals surface area contributed by atoms with Crippen molar-refractivity contribution in [1.82, 2.24) is 19.9 Å². The molecule has 2 aromatic heterocycles. The van der Waals surface area contributed by atoms with Gasteiger partial charge < -0.3 is 10.7 Å². The number of halogens is 1. The molecule has 0 unspecified atom stereocenters. The third-order valence-corrected chi connectivity index (χ3v) is 4.49. The number of nitrogens with one attached hydrogen (secondary N) is 1. The highest BCUT2D eigenvalue weighted by Crippen LogP contribution is 2.43. The molecule has 1 saturated carbocycles. The minimum absolute atomic E-state index is 0.512. The maximum Gasteiger partial charge on any atom is 0.141 e. The first kappa shape index (κ1) is 12.8. The van der Waals surface area contributed by atoms with E-state index in [1.54, 1.807) is 0 Å². The van der Waals surface area contributed by atoms with Gasteiger partial charge in [-0.25, -0.2) is 15.0 Å². The maximum atomic E-state index is 5.99. The molecular weight excluding hydrogens is 330 g/mol. The number of para-hydroxylation sites is 2. The zero-order chi connectivity index (χ0) is 14.4. The Labute approximate surface area is 130 Å². The molecule has 2 heterocycles. The summed E-state index contributed by atoms with van der Waals surface area (Å²) in [6.45, 7) is 0. The van der Waals surface area contributed by atoms with Crippen molar-refractivity contribution < 1.29 is 0 Å². The fourth-order valence-electron chi connectivity index (χ4n) is 2.48. The summed E-state index contributed by atoms with van der Waals surface area (Å²) in [5.74, 6) is 2.62. The van der Waals surface area contributed by atoms with Gasteiger partial charge in [0, 0.05) is 5.92 Å². The Morgan fingerprint density at radius 1 is 1.19 bits per heavy atom. The van der Waals surface area contributed by atoms with Crippen molar-refractivity contribution in [2.45, 2.75) is 25.2 Å². The van der Waals surface area contributed by atoms with Gasteiger partial charge in [-0.2, -0.15) is 0 Å². The second kappa shape index (κ2) is 4.80. The molecule has 21 heavy (non-hydrogen) atoms. The fourth-order valence-corrected chi connectivity index (χ4v) is 2.98. The molecule has 5 nitrogen and oxygen atoms in total. The van der Waals surface area contributed by atoms with Crippen LogP contribution in [0.2, 0.25) is 0 Å². The van der Waals surface area contributed by atoms with E-state index in [0.29, 0.717) is 18.2 Å². The number of nitrogens with two attached hydrogens (primary N) is 1. The Bertz CT molecular complexity index is 789. The molecule has 0 amide bonds. The Balaban J connectivity index is 1.70. The SMILES string of the molecule is Nc1nc(Cc2nc3ccccc3[nH]2)nc(C2CC2)c1Br. The van der Waals surface area contributed by atoms with Gasteiger partial charge in [0.1, 0.15) is 17.5 Å². The normalized spacial score (nSPS) is 14.7. The van der Waals surface area contributed by atoms with Crippen molar-refractivity contribution in [3.05, 3.63) is 46.1 Å². The Morgan fingerprint density at radius 3 is 2.76 bits per heavy atom. The van der Waals surface area contributed by atoms with E-state index in [9.17, 15) is 0 Å². The topological polar surface area (TPSA) is 80.5 Å². The first-order chi connectivity index (χ1) is 10.2. The van der Waals surface area contributed by atoms with Crippen LogP contribution in [0.4, 0.5) is 5.82 Å². The summed E-state index contributed by atoms with van der Waals surface area (Å²) in [6.07, 6.45) is 2.92. The predicted molar refractivity (Wildman–Crippen MR) is 85.0 cm³/mol. The summed E-state index contributed by atoms with van der Waals surface area (Å²) in [7, 11) is 0. The van der Waals surface area contributed by atoms with Crippen molar-refractivity contribution in [2.75, 3.05) is 5.73 Å². The van der Waals surface area contributed by atoms with E-state index >= 15 is 0 Å². The maximum absolute atomic E-state index is 5.99. The number of nitrogen functional groups attached to an aromatic ring is 1. The van der Waals surface area contributed by atoms with E-state index in [2.05, 4.69) is 35.9 Å². The average Bonchev–Trinajstić information content (AvgIpc) is 3.22. The lowest BCUT2D eigenvalue weighted by Gasteiger charge is -2.07. The zero-order valence-electron chi connectivity index (χ0n) is 11.3. The second-order valence-corrected chi connectivity index (χ2v) is 6.17. The van der Waals surface area contributed by atoms with Crippen molar-refractivity contribution in [2.24, 2.45) is 0 Å². The van der Waals surface area contributed by atoms with Crippen LogP contribution in [-0.4, -0.2) is 19.9 Å². The highest BCUT2D eigenvalue weighted by atomic mass is 79.9. The van der Waals surface area contributed by atoms with Crippen molar-refractivity contribution >= 4 is 32.8 Å². The summed E-state index contributed by atoms with van der Waals surface area (Å²) in [4.78, 5) is 16.9. The number of fused-ring (bicyclic) bond motifs is 1. The molecular formula is C15H14BrN5. The number of hydrogen-bond acceptors (Lipinski definition) is 4. The summed E-state index contributed by atoms with van der Waals surface area (Å²) >= 11 is 3.50. The molecule has 0 saturated heterocycles. The van der Waals surface area contributed by atoms with Crippen molar-refractivity contribution in [1.29, 1.82) is 0 Å². The van der Waals surface area contributed by atoms with E-state index in [0.717, 1.165) is 32.8 Å². The van der Waals surface area contributed by atoms with Gasteiger partial charge in [-0.1, -0.05) is 12.1 Å². The fraction of sp³-hybridized carbons (Fsp3) is 0.267. The quantitative estimate of drug-likeness (QED) is 0.765. The summed E-state index contributed by atoms with van der Waals surface area (Å²) in [5.41, 5.74) is 9.01. The van der Waals surface area contributed by atoms with Crippen LogP contribution in [0.5, 0.6) is 0 Å². The smallest absolute Gasteiger partial charge is 0.141 e. The van der Waals surface area contributed by atoms with Crippen LogP contribution in [-0.2, 0) is 6.42 Å². The van der Waals surface area contributed by atoms with E-state index in [4.69, 9.17) is 5.73 Å². The van der Waals surface area contributed by atoms with Gasteiger partial charge in [0.05, 0.1) is 27.6 Å². The van der Waals surface area contributed by atoms with E-state index in [1.807, 2.05) is 24.3 Å². The van der Waals surface area contributed by atoms with Gasteiger partial charge in [-0.15, -0.1) is 0 Å². The van der Waals surface area contributed by atoms with Crippen LogP contribution in [0.15, 0.2) is 28.7 Å². The monoisotopic (exact) mass is 343 g/mol. The molecule has 106 valence electrons. The number of aromatic nitrogens is 4. The number of benzene rings is 1. The van der Waals surface area contributed by atoms with Gasteiger partial charge in [0.15, 0.2) is 0 Å². The van der Waals surface area contributed by atoms with Crippen LogP contribution in [0, 0.1) is 0 Å². The minimum Gasteiger partial charge on any atom is -0.383 e. The first-order valence-electron chi connectivity index (χ1n) is 6.96. The number of nitrogens with zero attached hydrogens (tertiary/aromatic N) is 3. The van der Waals surface area contributed by atoms with Gasteiger partial charge in [0.25, 0.3) is 0 Å². The van der Waals surface area contributed by atoms with Crippen LogP contribution in [0.1, 0.15) is 36.1 Å². The lowest BCUT2D eigenvalue weighted by atomic mass is 10.2. The highest BCUT2D eigenvalue weighted by Gasteiger charge is 2.29. The van der Waals surface area contributed by atoms with E-state index < -0.39 is 0 Å². The third kappa shape index (κ3) is 2.40. The molecule has 0 spiro atoms. The van der Waals surface area contributed by atoms with Crippen LogP contribution in [0.25, 0.3) is 11.0 Å². The number of rotatable bonds is 3. The Morgan fingerprint density at radius 2 is 2.00 bits per heavy atom. The molecule has 1 aliphatic carbocycles. The number of imidazole rings is 1. The molecule has 1 aliphatic rings. The predicted octanol–water partition coefficient (Wildman–Crippen LogP) is 3.17. The molecule has 0 bridgehead atoms. The Hall–Kier alpha value is -1.95. The van der Waals surface area contributed by atoms with Crippen molar-refractivity contribution in [3.63, 3.8) is 0 Å². The number of aromatic amines is 1. The standard InChI is InChI=1S/C15H14BrN5/c16-13-14(8-5-6-8)20-12(21-15(13)17)7-11-18-9-3-1-2-4-10(9)19-11/h1-4,8H,5-7H2,(H,18,19)(H2,17,20,21). The molecule has 3 N–H and O–H groups in total. The molecule has 3 aromatic rings. The minimum atomic E-state index is 0.512. The second-order valence-electron chi connectivity index (χ2n) is 5.38. The number of H-pyrrole nitrogens is 1. The lowest BCUT2D eigenvalue weighted by molar-refractivity contribution is 0.870. The zero-order valence-corrected chi connectivity index (χ0v) is 12.9. The van der Waals surface area contributed by atoms with Crippen LogP contribution in [0.3, 0.4) is 0 Å². The van der Waals surface area contributed by atoms with E-state index in [-0.39, 0.29) is 0 Å². The largest absolute Gasteiger partial charge is 0.383 e. The van der Waals surface area contributed by atoms with Gasteiger partial charge in [0.2, 0.25) is 0 Å². The lowest BCUT2D eigenvalue weighted by Crippen LogP contribution is -2.06. The molecule has 0 atom stereocenters. The molecule has 6 heteroatoms. The summed E-state index contributed by atoms with van der Waals surface area (Å²) in [6, 6.07) is 7.97. The van der Waals surface area contributed by atoms with Crippen LogP contribution >= 0.6 is 15.9 Å². The molecule has 0 aliphatic heterocycles. The van der Waals surface area contributed by atoms with Gasteiger partial charge in [-0.3, -0.25) is 0 Å². The third-order valence-electron chi connectivity index (χ3n) is 3.68. The Kier molecular flexibility index (Phi) is 2.92. The van der Waals surface area contributed by atoms with Gasteiger partial charge >= 0.3 is 0 Å². The summed E-state index contributed by atoms with van der Waals surface area (Å²) in [5, 5.41) is 0.